The highest BCUT2D eigenvalue weighted by atomic mass is 15.2. The van der Waals surface area contributed by atoms with Gasteiger partial charge in [-0.15, -0.1) is 0 Å². The van der Waals surface area contributed by atoms with Gasteiger partial charge in [0.2, 0.25) is 0 Å². The quantitative estimate of drug-likeness (QED) is 0.860. The van der Waals surface area contributed by atoms with Crippen LogP contribution in [0.2, 0.25) is 0 Å². The molecule has 0 bridgehead atoms. The summed E-state index contributed by atoms with van der Waals surface area (Å²) in [4.78, 5) is 2.21. The van der Waals surface area contributed by atoms with Gasteiger partial charge in [-0.25, -0.2) is 0 Å². The van der Waals surface area contributed by atoms with Gasteiger partial charge in [0.05, 0.1) is 16.9 Å². The Hall–Kier alpha value is -2.47. The summed E-state index contributed by atoms with van der Waals surface area (Å²) in [5.41, 5.74) is 9.35. The Labute approximate surface area is 120 Å². The molecule has 3 nitrogen and oxygen atoms in total. The van der Waals surface area contributed by atoms with Crippen LogP contribution >= 0.6 is 0 Å². The molecule has 0 aromatic heterocycles. The van der Waals surface area contributed by atoms with Crippen LogP contribution in [0.4, 0.5) is 11.4 Å². The zero-order chi connectivity index (χ0) is 14.5. The molecule has 0 radical (unpaired) electrons. The molecule has 0 spiro atoms. The Kier molecular flexibility index (Phi) is 4.27. The molecule has 102 valence electrons. The fourth-order valence-corrected chi connectivity index (χ4v) is 2.23. The number of anilines is 2. The minimum absolute atomic E-state index is 0.298. The van der Waals surface area contributed by atoms with Crippen molar-refractivity contribution in [1.29, 1.82) is 5.26 Å². The molecule has 0 fully saturated rings. The molecule has 0 aliphatic heterocycles. The number of benzene rings is 2. The maximum absolute atomic E-state index is 9.10. The van der Waals surface area contributed by atoms with Gasteiger partial charge in [-0.05, 0) is 31.5 Å². The Morgan fingerprint density at radius 3 is 2.40 bits per heavy atom. The fourth-order valence-electron chi connectivity index (χ4n) is 2.23. The number of nitriles is 1. The third kappa shape index (κ3) is 2.92. The summed E-state index contributed by atoms with van der Waals surface area (Å²) in [6.07, 6.45) is 0. The van der Waals surface area contributed by atoms with Crippen LogP contribution in [0.25, 0.3) is 0 Å². The first-order chi connectivity index (χ1) is 9.63. The highest BCUT2D eigenvalue weighted by Gasteiger charge is 2.15. The highest BCUT2D eigenvalue weighted by molar-refractivity contribution is 5.74. The van der Waals surface area contributed by atoms with Gasteiger partial charge in [0, 0.05) is 12.6 Å². The van der Waals surface area contributed by atoms with Gasteiger partial charge in [-0.3, -0.25) is 0 Å². The zero-order valence-electron chi connectivity index (χ0n) is 11.9. The van der Waals surface area contributed by atoms with Crippen LogP contribution < -0.4 is 10.6 Å². The summed E-state index contributed by atoms with van der Waals surface area (Å²) >= 11 is 0. The third-order valence-electron chi connectivity index (χ3n) is 3.33. The smallest absolute Gasteiger partial charge is 0.101 e. The SMILES string of the molecule is CC(C)N(Cc1ccccc1)c1cccc(C#N)c1N. The molecule has 20 heavy (non-hydrogen) atoms. The first-order valence-corrected chi connectivity index (χ1v) is 6.72. The van der Waals surface area contributed by atoms with Crippen molar-refractivity contribution in [1.82, 2.24) is 0 Å². The molecule has 0 aliphatic rings. The molecule has 2 aromatic rings. The van der Waals surface area contributed by atoms with Crippen LogP contribution in [-0.2, 0) is 6.54 Å². The van der Waals surface area contributed by atoms with Gasteiger partial charge in [0.1, 0.15) is 6.07 Å². The summed E-state index contributed by atoms with van der Waals surface area (Å²) in [5, 5.41) is 9.10. The lowest BCUT2D eigenvalue weighted by Crippen LogP contribution is -2.31. The van der Waals surface area contributed by atoms with Gasteiger partial charge in [0.25, 0.3) is 0 Å². The van der Waals surface area contributed by atoms with E-state index in [9.17, 15) is 0 Å². The largest absolute Gasteiger partial charge is 0.396 e. The molecule has 0 amide bonds. The molecule has 0 aliphatic carbocycles. The van der Waals surface area contributed by atoms with Crippen LogP contribution in [-0.4, -0.2) is 6.04 Å². The molecule has 2 aromatic carbocycles. The van der Waals surface area contributed by atoms with E-state index in [-0.39, 0.29) is 0 Å². The van der Waals surface area contributed by atoms with Crippen molar-refractivity contribution >= 4 is 11.4 Å². The minimum atomic E-state index is 0.298. The lowest BCUT2D eigenvalue weighted by molar-refractivity contribution is 0.683. The maximum atomic E-state index is 9.10. The third-order valence-corrected chi connectivity index (χ3v) is 3.33. The fraction of sp³-hybridized carbons (Fsp3) is 0.235. The molecular formula is C17H19N3. The monoisotopic (exact) mass is 265 g/mol. The minimum Gasteiger partial charge on any atom is -0.396 e. The van der Waals surface area contributed by atoms with E-state index in [2.05, 4.69) is 36.9 Å². The van der Waals surface area contributed by atoms with Crippen molar-refractivity contribution in [3.05, 3.63) is 59.7 Å². The first-order valence-electron chi connectivity index (χ1n) is 6.72. The number of hydrogen-bond acceptors (Lipinski definition) is 3. The predicted octanol–water partition coefficient (Wildman–Crippen LogP) is 3.56. The number of nitrogen functional groups attached to an aromatic ring is 1. The standard InChI is InChI=1S/C17H19N3/c1-13(2)20(12-14-7-4-3-5-8-14)16-10-6-9-15(11-18)17(16)19/h3-10,13H,12,19H2,1-2H3. The van der Waals surface area contributed by atoms with Gasteiger partial charge in [-0.1, -0.05) is 36.4 Å². The Balaban J connectivity index is 2.37. The molecule has 0 atom stereocenters. The normalized spacial score (nSPS) is 10.3. The van der Waals surface area contributed by atoms with Crippen LogP contribution in [0.1, 0.15) is 25.0 Å². The summed E-state index contributed by atoms with van der Waals surface area (Å²) in [6, 6.07) is 18.3. The molecule has 0 saturated heterocycles. The second kappa shape index (κ2) is 6.12. The lowest BCUT2D eigenvalue weighted by atomic mass is 10.1. The summed E-state index contributed by atoms with van der Waals surface area (Å²) in [5.74, 6) is 0. The van der Waals surface area contributed by atoms with E-state index < -0.39 is 0 Å². The van der Waals surface area contributed by atoms with Gasteiger partial charge in [0.15, 0.2) is 0 Å². The maximum Gasteiger partial charge on any atom is 0.101 e. The molecule has 0 heterocycles. The number of nitrogens with two attached hydrogens (primary N) is 1. The topological polar surface area (TPSA) is 53.0 Å². The second-order valence-electron chi connectivity index (χ2n) is 5.06. The summed E-state index contributed by atoms with van der Waals surface area (Å²) < 4.78 is 0. The van der Waals surface area contributed by atoms with Crippen LogP contribution in [0.3, 0.4) is 0 Å². The van der Waals surface area contributed by atoms with Crippen LogP contribution in [0.5, 0.6) is 0 Å². The molecule has 2 N–H and O–H groups in total. The number of nitrogens with zero attached hydrogens (tertiary/aromatic N) is 2. The van der Waals surface area contributed by atoms with Crippen molar-refractivity contribution in [3.8, 4) is 6.07 Å². The zero-order valence-corrected chi connectivity index (χ0v) is 11.9. The molecule has 0 unspecified atom stereocenters. The summed E-state index contributed by atoms with van der Waals surface area (Å²) in [6.45, 7) is 5.03. The average Bonchev–Trinajstić information content (AvgIpc) is 2.46. The van der Waals surface area contributed by atoms with E-state index >= 15 is 0 Å². The van der Waals surface area contributed by atoms with Crippen molar-refractivity contribution in [2.75, 3.05) is 10.6 Å². The average molecular weight is 265 g/mol. The number of para-hydroxylation sites is 1. The van der Waals surface area contributed by atoms with E-state index in [1.165, 1.54) is 5.56 Å². The van der Waals surface area contributed by atoms with Crippen molar-refractivity contribution in [2.45, 2.75) is 26.4 Å². The van der Waals surface area contributed by atoms with Crippen LogP contribution in [0, 0.1) is 11.3 Å². The van der Waals surface area contributed by atoms with Crippen molar-refractivity contribution < 1.29 is 0 Å². The van der Waals surface area contributed by atoms with Gasteiger partial charge < -0.3 is 10.6 Å². The number of rotatable bonds is 4. The van der Waals surface area contributed by atoms with Crippen molar-refractivity contribution in [2.24, 2.45) is 0 Å². The van der Waals surface area contributed by atoms with E-state index in [1.807, 2.05) is 30.3 Å². The second-order valence-corrected chi connectivity index (χ2v) is 5.06. The first kappa shape index (κ1) is 14.0. The van der Waals surface area contributed by atoms with E-state index in [0.29, 0.717) is 17.3 Å². The summed E-state index contributed by atoms with van der Waals surface area (Å²) in [7, 11) is 0. The molecule has 2 rings (SSSR count). The van der Waals surface area contributed by atoms with E-state index in [1.54, 1.807) is 6.07 Å². The van der Waals surface area contributed by atoms with E-state index in [4.69, 9.17) is 11.0 Å². The molecule has 0 saturated carbocycles. The van der Waals surface area contributed by atoms with Gasteiger partial charge >= 0.3 is 0 Å². The highest BCUT2D eigenvalue weighted by Crippen LogP contribution is 2.29. The predicted molar refractivity (Wildman–Crippen MR) is 83.3 cm³/mol. The van der Waals surface area contributed by atoms with E-state index in [0.717, 1.165) is 12.2 Å². The Morgan fingerprint density at radius 2 is 1.80 bits per heavy atom. The Morgan fingerprint density at radius 1 is 1.10 bits per heavy atom. The van der Waals surface area contributed by atoms with Gasteiger partial charge in [-0.2, -0.15) is 5.26 Å². The van der Waals surface area contributed by atoms with Crippen molar-refractivity contribution in [3.63, 3.8) is 0 Å². The molecular weight excluding hydrogens is 246 g/mol. The Bertz CT molecular complexity index is 612. The van der Waals surface area contributed by atoms with Crippen LogP contribution in [0.15, 0.2) is 48.5 Å². The lowest BCUT2D eigenvalue weighted by Gasteiger charge is -2.30. The number of hydrogen-bond donors (Lipinski definition) is 1. The molecule has 3 heteroatoms.